The van der Waals surface area contributed by atoms with Gasteiger partial charge in [-0.3, -0.25) is 0 Å². The average Bonchev–Trinajstić information content (AvgIpc) is 2.30. The number of rotatable bonds is 2. The van der Waals surface area contributed by atoms with Crippen LogP contribution in [0.3, 0.4) is 0 Å². The van der Waals surface area contributed by atoms with Crippen LogP contribution < -0.4 is 0 Å². The third-order valence-corrected chi connectivity index (χ3v) is 11.0. The molecule has 82 valence electrons. The van der Waals surface area contributed by atoms with Gasteiger partial charge in [-0.2, -0.15) is 0 Å². The van der Waals surface area contributed by atoms with E-state index in [4.69, 9.17) is 0 Å². The van der Waals surface area contributed by atoms with Gasteiger partial charge in [-0.1, -0.05) is 60.6 Å². The molecule has 0 saturated heterocycles. The minimum Gasteiger partial charge on any atom is -0.0533 e. The van der Waals surface area contributed by atoms with E-state index in [1.54, 1.807) is 25.7 Å². The highest BCUT2D eigenvalue weighted by Crippen LogP contribution is 2.61. The van der Waals surface area contributed by atoms with Gasteiger partial charge in [-0.25, -0.2) is 0 Å². The molecule has 2 fully saturated rings. The Hall–Kier alpha value is 1.16. The third-order valence-electron chi connectivity index (χ3n) is 3.85. The molecule has 0 aliphatic heterocycles. The van der Waals surface area contributed by atoms with Crippen LogP contribution in [-0.2, 0) is 0 Å². The molecule has 0 bridgehead atoms. The molecule has 0 aromatic rings. The summed E-state index contributed by atoms with van der Waals surface area (Å²) in [6.45, 7) is 0. The van der Waals surface area contributed by atoms with Gasteiger partial charge in [-0.15, -0.1) is 0 Å². The van der Waals surface area contributed by atoms with Gasteiger partial charge in [0.2, 0.25) is 0 Å². The Morgan fingerprint density at radius 1 is 0.643 bits per heavy atom. The molecule has 0 amide bonds. The molecule has 0 spiro atoms. The molecule has 0 N–H and O–H groups in total. The Morgan fingerprint density at radius 2 is 1.00 bits per heavy atom. The lowest BCUT2D eigenvalue weighted by Crippen LogP contribution is -2.17. The molecule has 0 aromatic heterocycles. The molecule has 0 nitrogen and oxygen atoms in total. The van der Waals surface area contributed by atoms with Crippen LogP contribution >= 0.6 is 27.6 Å². The van der Waals surface area contributed by atoms with Crippen molar-refractivity contribution in [1.82, 2.24) is 0 Å². The van der Waals surface area contributed by atoms with Crippen LogP contribution in [0.4, 0.5) is 0 Å². The summed E-state index contributed by atoms with van der Waals surface area (Å²) in [4.78, 5) is 0. The highest BCUT2D eigenvalue weighted by Gasteiger charge is 2.28. The molecule has 14 heavy (non-hydrogen) atoms. The minimum absolute atomic E-state index is 0.353. The van der Waals surface area contributed by atoms with Crippen LogP contribution in [0.1, 0.15) is 64.2 Å². The summed E-state index contributed by atoms with van der Waals surface area (Å²) in [5, 5.41) is 0. The van der Waals surface area contributed by atoms with Crippen LogP contribution in [0.15, 0.2) is 0 Å². The predicted octanol–water partition coefficient (Wildman–Crippen LogP) is 5.48. The standard InChI is InChI=1S/C12H22IP/c13-14(11-7-3-1-4-8-11)12-9-5-2-6-10-12/h11-12H,1-10H2. The van der Waals surface area contributed by atoms with Gasteiger partial charge in [0.05, 0.1) is 0 Å². The summed E-state index contributed by atoms with van der Waals surface area (Å²) >= 11 is 2.84. The fraction of sp³-hybridized carbons (Fsp3) is 1.00. The molecule has 2 aliphatic rings. The Morgan fingerprint density at radius 3 is 1.36 bits per heavy atom. The highest BCUT2D eigenvalue weighted by molar-refractivity contribution is 14.2. The highest BCUT2D eigenvalue weighted by atomic mass is 127. The topological polar surface area (TPSA) is 0 Å². The molecule has 2 heteroatoms. The first-order valence-corrected chi connectivity index (χ1v) is 10.6. The van der Waals surface area contributed by atoms with Crippen molar-refractivity contribution >= 4 is 27.6 Å². The number of halogens is 1. The average molecular weight is 324 g/mol. The Labute approximate surface area is 103 Å². The largest absolute Gasteiger partial charge is 0.0533 e. The summed E-state index contributed by atoms with van der Waals surface area (Å²) in [6.07, 6.45) is 15.4. The lowest BCUT2D eigenvalue weighted by atomic mass is 10.00. The second kappa shape index (κ2) is 6.03. The lowest BCUT2D eigenvalue weighted by Gasteiger charge is -2.34. The van der Waals surface area contributed by atoms with Gasteiger partial charge in [0.15, 0.2) is 0 Å². The predicted molar refractivity (Wildman–Crippen MR) is 74.7 cm³/mol. The van der Waals surface area contributed by atoms with Crippen molar-refractivity contribution in [3.05, 3.63) is 0 Å². The smallest absolute Gasteiger partial charge is 0.0116 e. The van der Waals surface area contributed by atoms with Crippen molar-refractivity contribution in [2.45, 2.75) is 75.5 Å². The van der Waals surface area contributed by atoms with Crippen molar-refractivity contribution in [1.29, 1.82) is 0 Å². The molecule has 0 heterocycles. The van der Waals surface area contributed by atoms with Crippen LogP contribution in [0.25, 0.3) is 0 Å². The second-order valence-corrected chi connectivity index (χ2v) is 10.4. The Kier molecular flexibility index (Phi) is 5.02. The van der Waals surface area contributed by atoms with E-state index < -0.39 is 0 Å². The molecular weight excluding hydrogens is 302 g/mol. The first-order chi connectivity index (χ1) is 6.88. The van der Waals surface area contributed by atoms with E-state index in [0.717, 1.165) is 11.3 Å². The number of hydrogen-bond donors (Lipinski definition) is 0. The number of hydrogen-bond acceptors (Lipinski definition) is 0. The normalized spacial score (nSPS) is 27.0. The van der Waals surface area contributed by atoms with E-state index in [1.165, 1.54) is 38.5 Å². The van der Waals surface area contributed by atoms with Gasteiger partial charge in [0, 0.05) is 0 Å². The SMILES string of the molecule is IP(C1CCCCC1)C1CCCCC1. The van der Waals surface area contributed by atoms with Crippen molar-refractivity contribution in [2.24, 2.45) is 0 Å². The summed E-state index contributed by atoms with van der Waals surface area (Å²) in [6, 6.07) is 0. The van der Waals surface area contributed by atoms with E-state index in [1.807, 2.05) is 0 Å². The molecule has 0 aromatic carbocycles. The third kappa shape index (κ3) is 3.07. The van der Waals surface area contributed by atoms with Crippen LogP contribution in [0.5, 0.6) is 0 Å². The van der Waals surface area contributed by atoms with Crippen molar-refractivity contribution in [3.8, 4) is 0 Å². The van der Waals surface area contributed by atoms with Crippen LogP contribution in [-0.4, -0.2) is 11.3 Å². The van der Waals surface area contributed by atoms with E-state index in [9.17, 15) is 0 Å². The summed E-state index contributed by atoms with van der Waals surface area (Å²) in [5.41, 5.74) is 2.64. The zero-order valence-electron chi connectivity index (χ0n) is 9.05. The first-order valence-electron chi connectivity index (χ1n) is 6.32. The summed E-state index contributed by atoms with van der Waals surface area (Å²) < 4.78 is 0. The Bertz CT molecular complexity index is 142. The van der Waals surface area contributed by atoms with E-state index in [-0.39, 0.29) is 0 Å². The molecule has 2 rings (SSSR count). The summed E-state index contributed by atoms with van der Waals surface area (Å²) in [7, 11) is 0. The zero-order valence-corrected chi connectivity index (χ0v) is 12.1. The van der Waals surface area contributed by atoms with Crippen LogP contribution in [0, 0.1) is 0 Å². The maximum absolute atomic E-state index is 2.84. The Balaban J connectivity index is 1.82. The lowest BCUT2D eigenvalue weighted by molar-refractivity contribution is 0.489. The maximum Gasteiger partial charge on any atom is -0.0116 e. The van der Waals surface area contributed by atoms with Gasteiger partial charge >= 0.3 is 0 Å². The van der Waals surface area contributed by atoms with Gasteiger partial charge in [0.1, 0.15) is 0 Å². The molecule has 2 saturated carbocycles. The molecule has 2 aliphatic carbocycles. The van der Waals surface area contributed by atoms with Gasteiger partial charge in [-0.05, 0) is 42.6 Å². The fourth-order valence-electron chi connectivity index (χ4n) is 2.95. The van der Waals surface area contributed by atoms with Gasteiger partial charge in [0.25, 0.3) is 0 Å². The zero-order chi connectivity index (χ0) is 9.80. The maximum atomic E-state index is 2.84. The molecule has 0 atom stereocenters. The van der Waals surface area contributed by atoms with Gasteiger partial charge < -0.3 is 0 Å². The van der Waals surface area contributed by atoms with E-state index >= 15 is 0 Å². The summed E-state index contributed by atoms with van der Waals surface area (Å²) in [5.74, 6) is 0. The van der Waals surface area contributed by atoms with Crippen molar-refractivity contribution in [2.75, 3.05) is 0 Å². The van der Waals surface area contributed by atoms with Crippen LogP contribution in [0.2, 0.25) is 0 Å². The monoisotopic (exact) mass is 324 g/mol. The molecular formula is C12H22IP. The fourth-order valence-corrected chi connectivity index (χ4v) is 8.61. The van der Waals surface area contributed by atoms with E-state index in [0.29, 0.717) is 5.56 Å². The molecule has 0 unspecified atom stereocenters. The minimum atomic E-state index is 0.353. The second-order valence-electron chi connectivity index (χ2n) is 4.93. The molecule has 0 radical (unpaired) electrons. The first kappa shape index (κ1) is 11.6. The quantitative estimate of drug-likeness (QED) is 0.466. The van der Waals surface area contributed by atoms with Crippen molar-refractivity contribution < 1.29 is 0 Å². The van der Waals surface area contributed by atoms with E-state index in [2.05, 4.69) is 22.0 Å². The van der Waals surface area contributed by atoms with Crippen molar-refractivity contribution in [3.63, 3.8) is 0 Å².